The minimum Gasteiger partial charge on any atom is -0.497 e. The molecule has 0 saturated carbocycles. The number of benzene rings is 1. The molecule has 1 aromatic carbocycles. The highest BCUT2D eigenvalue weighted by Gasteiger charge is 2.07. The zero-order valence-corrected chi connectivity index (χ0v) is 7.15. The molecule has 1 heterocycles. The lowest BCUT2D eigenvalue weighted by molar-refractivity contribution is 0.232. The summed E-state index contributed by atoms with van der Waals surface area (Å²) in [5.41, 5.74) is 0.727. The molecule has 0 radical (unpaired) electrons. The van der Waals surface area contributed by atoms with Crippen LogP contribution in [0, 0.1) is 0 Å². The number of fused-ring (bicyclic) bond motifs is 1. The van der Waals surface area contributed by atoms with Gasteiger partial charge in [0.25, 0.3) is 0 Å². The van der Waals surface area contributed by atoms with E-state index < -0.39 is 0 Å². The number of aromatic nitrogens is 1. The third-order valence-electron chi connectivity index (χ3n) is 1.90. The van der Waals surface area contributed by atoms with Gasteiger partial charge in [0, 0.05) is 0 Å². The summed E-state index contributed by atoms with van der Waals surface area (Å²) in [5, 5.41) is 13.5. The van der Waals surface area contributed by atoms with Crippen molar-refractivity contribution in [3.05, 3.63) is 24.0 Å². The van der Waals surface area contributed by atoms with Crippen molar-refractivity contribution in [1.29, 1.82) is 0 Å². The normalized spacial score (nSPS) is 10.6. The number of ether oxygens (including phenoxy) is 1. The van der Waals surface area contributed by atoms with Crippen LogP contribution in [0.3, 0.4) is 0 Å². The summed E-state index contributed by atoms with van der Waals surface area (Å²) in [5.74, 6) is 1.19. The lowest BCUT2D eigenvalue weighted by Gasteiger charge is -1.97. The Morgan fingerprint density at radius 1 is 1.54 bits per heavy atom. The summed E-state index contributed by atoms with van der Waals surface area (Å²) in [6, 6.07) is 5.38. The second-order valence-electron chi connectivity index (χ2n) is 2.65. The van der Waals surface area contributed by atoms with Crippen molar-refractivity contribution < 1.29 is 14.4 Å². The Hall–Kier alpha value is -1.55. The molecular formula is C9H9NO3. The fraction of sp³-hybridized carbons (Fsp3) is 0.222. The number of hydrogen-bond acceptors (Lipinski definition) is 4. The van der Waals surface area contributed by atoms with E-state index in [4.69, 9.17) is 14.4 Å². The molecular weight excluding hydrogens is 170 g/mol. The van der Waals surface area contributed by atoms with Crippen LogP contribution in [-0.4, -0.2) is 17.4 Å². The van der Waals surface area contributed by atoms with Gasteiger partial charge in [0.05, 0.1) is 12.5 Å². The molecule has 0 unspecified atom stereocenters. The second-order valence-corrected chi connectivity index (χ2v) is 2.65. The van der Waals surface area contributed by atoms with E-state index in [0.717, 1.165) is 16.7 Å². The van der Waals surface area contributed by atoms with Crippen LogP contribution in [-0.2, 0) is 6.61 Å². The van der Waals surface area contributed by atoms with Crippen molar-refractivity contribution >= 4 is 10.9 Å². The first kappa shape index (κ1) is 8.07. The van der Waals surface area contributed by atoms with Gasteiger partial charge in [-0.25, -0.2) is 0 Å². The lowest BCUT2D eigenvalue weighted by atomic mass is 10.2. The second kappa shape index (κ2) is 3.06. The molecule has 4 heteroatoms. The Morgan fingerprint density at radius 2 is 2.38 bits per heavy atom. The van der Waals surface area contributed by atoms with Gasteiger partial charge in [-0.05, 0) is 18.2 Å². The Morgan fingerprint density at radius 3 is 3.08 bits per heavy atom. The third kappa shape index (κ3) is 1.25. The molecule has 0 aliphatic rings. The van der Waals surface area contributed by atoms with Crippen LogP contribution in [0.25, 0.3) is 10.9 Å². The van der Waals surface area contributed by atoms with Gasteiger partial charge in [-0.3, -0.25) is 0 Å². The predicted octanol–water partition coefficient (Wildman–Crippen LogP) is 1.33. The zero-order valence-electron chi connectivity index (χ0n) is 7.15. The van der Waals surface area contributed by atoms with E-state index in [-0.39, 0.29) is 6.61 Å². The van der Waals surface area contributed by atoms with Crippen LogP contribution in [0.5, 0.6) is 5.75 Å². The quantitative estimate of drug-likeness (QED) is 0.755. The van der Waals surface area contributed by atoms with Crippen molar-refractivity contribution in [3.8, 4) is 5.75 Å². The van der Waals surface area contributed by atoms with Crippen LogP contribution in [0.2, 0.25) is 0 Å². The molecule has 2 aromatic rings. The van der Waals surface area contributed by atoms with E-state index >= 15 is 0 Å². The number of methoxy groups -OCH3 is 1. The lowest BCUT2D eigenvalue weighted by Crippen LogP contribution is -1.83. The predicted molar refractivity (Wildman–Crippen MR) is 46.5 cm³/mol. The average molecular weight is 179 g/mol. The van der Waals surface area contributed by atoms with Crippen molar-refractivity contribution in [1.82, 2.24) is 5.16 Å². The molecule has 1 aromatic heterocycles. The summed E-state index contributed by atoms with van der Waals surface area (Å²) in [6.45, 7) is -0.149. The summed E-state index contributed by atoms with van der Waals surface area (Å²) in [6.07, 6.45) is 0. The van der Waals surface area contributed by atoms with Gasteiger partial charge in [0.2, 0.25) is 0 Å². The van der Waals surface area contributed by atoms with Gasteiger partial charge < -0.3 is 14.4 Å². The van der Waals surface area contributed by atoms with Crippen LogP contribution in [0.1, 0.15) is 5.76 Å². The fourth-order valence-corrected chi connectivity index (χ4v) is 1.21. The number of aliphatic hydroxyl groups excluding tert-OH is 1. The molecule has 4 nitrogen and oxygen atoms in total. The number of aliphatic hydroxyl groups is 1. The highest BCUT2D eigenvalue weighted by atomic mass is 16.5. The standard InChI is InChI=1S/C9H9NO3/c1-12-6-2-3-8-7(4-6)9(5-11)13-10-8/h2-4,11H,5H2,1H3. The topological polar surface area (TPSA) is 55.5 Å². The molecule has 0 fully saturated rings. The van der Waals surface area contributed by atoms with Gasteiger partial charge in [0.15, 0.2) is 5.76 Å². The van der Waals surface area contributed by atoms with Crippen LogP contribution in [0.4, 0.5) is 0 Å². The van der Waals surface area contributed by atoms with Gasteiger partial charge in [-0.1, -0.05) is 5.16 Å². The van der Waals surface area contributed by atoms with E-state index in [1.54, 1.807) is 25.3 Å². The highest BCUT2D eigenvalue weighted by molar-refractivity contribution is 5.81. The molecule has 0 amide bonds. The first-order valence-electron chi connectivity index (χ1n) is 3.88. The highest BCUT2D eigenvalue weighted by Crippen LogP contribution is 2.23. The SMILES string of the molecule is COc1ccc2noc(CO)c2c1. The number of nitrogens with zero attached hydrogens (tertiary/aromatic N) is 1. The van der Waals surface area contributed by atoms with E-state index in [1.807, 2.05) is 0 Å². The fourth-order valence-electron chi connectivity index (χ4n) is 1.21. The maximum absolute atomic E-state index is 8.91. The van der Waals surface area contributed by atoms with E-state index in [0.29, 0.717) is 5.76 Å². The molecule has 0 saturated heterocycles. The minimum absolute atomic E-state index is 0.149. The molecule has 0 spiro atoms. The van der Waals surface area contributed by atoms with Crippen molar-refractivity contribution in [3.63, 3.8) is 0 Å². The smallest absolute Gasteiger partial charge is 0.170 e. The summed E-state index contributed by atoms with van der Waals surface area (Å²) >= 11 is 0. The molecule has 68 valence electrons. The summed E-state index contributed by atoms with van der Waals surface area (Å²) in [7, 11) is 1.59. The Kier molecular flexibility index (Phi) is 1.90. The third-order valence-corrected chi connectivity index (χ3v) is 1.90. The Labute approximate surface area is 74.7 Å². The molecule has 13 heavy (non-hydrogen) atoms. The first-order valence-corrected chi connectivity index (χ1v) is 3.88. The monoisotopic (exact) mass is 179 g/mol. The van der Waals surface area contributed by atoms with Crippen molar-refractivity contribution in [2.24, 2.45) is 0 Å². The molecule has 0 atom stereocenters. The molecule has 0 aliphatic carbocycles. The average Bonchev–Trinajstić information content (AvgIpc) is 2.59. The van der Waals surface area contributed by atoms with Gasteiger partial charge in [0.1, 0.15) is 17.9 Å². The maximum atomic E-state index is 8.91. The number of hydrogen-bond donors (Lipinski definition) is 1. The van der Waals surface area contributed by atoms with E-state index in [9.17, 15) is 0 Å². The first-order chi connectivity index (χ1) is 6.35. The van der Waals surface area contributed by atoms with Gasteiger partial charge in [-0.15, -0.1) is 0 Å². The van der Waals surface area contributed by atoms with Crippen LogP contribution in [0.15, 0.2) is 22.7 Å². The number of rotatable bonds is 2. The zero-order chi connectivity index (χ0) is 9.26. The van der Waals surface area contributed by atoms with Crippen molar-refractivity contribution in [2.45, 2.75) is 6.61 Å². The summed E-state index contributed by atoms with van der Waals surface area (Å²) < 4.78 is 9.95. The van der Waals surface area contributed by atoms with E-state index in [1.165, 1.54) is 0 Å². The minimum atomic E-state index is -0.149. The van der Waals surface area contributed by atoms with E-state index in [2.05, 4.69) is 5.16 Å². The van der Waals surface area contributed by atoms with Gasteiger partial charge >= 0.3 is 0 Å². The van der Waals surface area contributed by atoms with Crippen molar-refractivity contribution in [2.75, 3.05) is 7.11 Å². The van der Waals surface area contributed by atoms with Gasteiger partial charge in [-0.2, -0.15) is 0 Å². The Balaban J connectivity index is 2.64. The maximum Gasteiger partial charge on any atom is 0.170 e. The summed E-state index contributed by atoms with van der Waals surface area (Å²) in [4.78, 5) is 0. The molecule has 0 aliphatic heterocycles. The van der Waals surface area contributed by atoms with Crippen LogP contribution >= 0.6 is 0 Å². The molecule has 1 N–H and O–H groups in total. The molecule has 0 bridgehead atoms. The molecule has 2 rings (SSSR count). The Bertz CT molecular complexity index is 422. The largest absolute Gasteiger partial charge is 0.497 e. The van der Waals surface area contributed by atoms with Crippen LogP contribution < -0.4 is 4.74 Å².